The van der Waals surface area contributed by atoms with E-state index in [9.17, 15) is 0 Å². The van der Waals surface area contributed by atoms with Crippen molar-refractivity contribution in [2.75, 3.05) is 13.2 Å². The largest absolute Gasteiger partial charge is 0.365 e. The summed E-state index contributed by atoms with van der Waals surface area (Å²) in [6.07, 6.45) is 0. The molecule has 0 aromatic carbocycles. The second-order valence-corrected chi connectivity index (χ2v) is 4.17. The Kier molecular flexibility index (Phi) is 4.80. The predicted octanol–water partition coefficient (Wildman–Crippen LogP) is 1.54. The molecule has 0 saturated carbocycles. The molecular formula is C8H18O5. The Hall–Kier alpha value is -0.200. The van der Waals surface area contributed by atoms with Gasteiger partial charge in [0.15, 0.2) is 0 Å². The van der Waals surface area contributed by atoms with Crippen molar-refractivity contribution in [3.05, 3.63) is 0 Å². The first-order valence-electron chi connectivity index (χ1n) is 4.06. The maximum absolute atomic E-state index is 8.27. The topological polar surface area (TPSA) is 68.2 Å². The second-order valence-electron chi connectivity index (χ2n) is 4.17. The van der Waals surface area contributed by atoms with Crippen molar-refractivity contribution < 1.29 is 25.0 Å². The molecule has 5 nitrogen and oxygen atoms in total. The highest BCUT2D eigenvalue weighted by Crippen LogP contribution is 2.20. The second kappa shape index (κ2) is 4.88. The summed E-state index contributed by atoms with van der Waals surface area (Å²) < 4.78 is 5.54. The van der Waals surface area contributed by atoms with Crippen LogP contribution in [0.4, 0.5) is 0 Å². The Labute approximate surface area is 78.1 Å². The molecule has 13 heavy (non-hydrogen) atoms. The highest BCUT2D eigenvalue weighted by atomic mass is 17.1. The maximum atomic E-state index is 8.27. The average molecular weight is 194 g/mol. The van der Waals surface area contributed by atoms with E-state index in [4.69, 9.17) is 15.3 Å². The average Bonchev–Trinajstić information content (AvgIpc) is 1.82. The fourth-order valence-corrected chi connectivity index (χ4v) is 1.12. The van der Waals surface area contributed by atoms with Gasteiger partial charge in [0.2, 0.25) is 0 Å². The Morgan fingerprint density at radius 2 is 1.15 bits per heavy atom. The summed E-state index contributed by atoms with van der Waals surface area (Å²) in [5.74, 6) is 0. The van der Waals surface area contributed by atoms with Crippen molar-refractivity contribution >= 4 is 0 Å². The lowest BCUT2D eigenvalue weighted by atomic mass is 10.1. The maximum Gasteiger partial charge on any atom is 0.110 e. The SMILES string of the molecule is CC(C)(COO)OC(C)(C)COO. The molecular weight excluding hydrogens is 176 g/mol. The minimum absolute atomic E-state index is 0.0574. The molecule has 0 amide bonds. The van der Waals surface area contributed by atoms with Crippen molar-refractivity contribution in [3.63, 3.8) is 0 Å². The lowest BCUT2D eigenvalue weighted by molar-refractivity contribution is -0.309. The lowest BCUT2D eigenvalue weighted by Gasteiger charge is -2.34. The predicted molar refractivity (Wildman–Crippen MR) is 46.4 cm³/mol. The number of ether oxygens (including phenoxy) is 1. The zero-order valence-corrected chi connectivity index (χ0v) is 8.53. The van der Waals surface area contributed by atoms with Crippen LogP contribution in [0.5, 0.6) is 0 Å². The van der Waals surface area contributed by atoms with Gasteiger partial charge in [0.05, 0.1) is 11.2 Å². The van der Waals surface area contributed by atoms with Crippen LogP contribution in [0.15, 0.2) is 0 Å². The number of rotatable bonds is 6. The van der Waals surface area contributed by atoms with Gasteiger partial charge >= 0.3 is 0 Å². The molecule has 0 aliphatic carbocycles. The van der Waals surface area contributed by atoms with Crippen LogP contribution in [0.2, 0.25) is 0 Å². The summed E-state index contributed by atoms with van der Waals surface area (Å²) in [7, 11) is 0. The van der Waals surface area contributed by atoms with Crippen molar-refractivity contribution in [2.45, 2.75) is 38.9 Å². The van der Waals surface area contributed by atoms with E-state index < -0.39 is 11.2 Å². The molecule has 2 N–H and O–H groups in total. The number of hydrogen-bond donors (Lipinski definition) is 2. The van der Waals surface area contributed by atoms with Crippen LogP contribution in [0.3, 0.4) is 0 Å². The van der Waals surface area contributed by atoms with Crippen LogP contribution in [0.1, 0.15) is 27.7 Å². The molecule has 0 bridgehead atoms. The van der Waals surface area contributed by atoms with Crippen LogP contribution in [0, 0.1) is 0 Å². The fraction of sp³-hybridized carbons (Fsp3) is 1.00. The third-order valence-electron chi connectivity index (χ3n) is 1.38. The van der Waals surface area contributed by atoms with Gasteiger partial charge in [0.25, 0.3) is 0 Å². The van der Waals surface area contributed by atoms with Crippen LogP contribution >= 0.6 is 0 Å². The summed E-state index contributed by atoms with van der Waals surface area (Å²) >= 11 is 0. The quantitative estimate of drug-likeness (QED) is 0.496. The summed E-state index contributed by atoms with van der Waals surface area (Å²) in [6.45, 7) is 7.18. The van der Waals surface area contributed by atoms with E-state index in [1.54, 1.807) is 27.7 Å². The number of hydrogen-bond acceptors (Lipinski definition) is 5. The van der Waals surface area contributed by atoms with Crippen LogP contribution in [-0.2, 0) is 14.5 Å². The van der Waals surface area contributed by atoms with E-state index in [2.05, 4.69) is 9.78 Å². The molecule has 0 saturated heterocycles. The fourth-order valence-electron chi connectivity index (χ4n) is 1.12. The van der Waals surface area contributed by atoms with Gasteiger partial charge in [0.1, 0.15) is 13.2 Å². The smallest absolute Gasteiger partial charge is 0.110 e. The molecule has 0 heterocycles. The Balaban J connectivity index is 4.07. The molecule has 0 aromatic rings. The zero-order valence-electron chi connectivity index (χ0n) is 8.53. The molecule has 0 rings (SSSR count). The Morgan fingerprint density at radius 1 is 0.846 bits per heavy atom. The molecule has 5 heteroatoms. The van der Waals surface area contributed by atoms with E-state index in [-0.39, 0.29) is 13.2 Å². The minimum atomic E-state index is -0.628. The molecule has 0 unspecified atom stereocenters. The van der Waals surface area contributed by atoms with E-state index in [0.29, 0.717) is 0 Å². The molecule has 0 spiro atoms. The molecule has 0 aromatic heterocycles. The van der Waals surface area contributed by atoms with Gasteiger partial charge in [-0.05, 0) is 27.7 Å². The third-order valence-corrected chi connectivity index (χ3v) is 1.38. The van der Waals surface area contributed by atoms with Crippen molar-refractivity contribution in [1.82, 2.24) is 0 Å². The minimum Gasteiger partial charge on any atom is -0.365 e. The van der Waals surface area contributed by atoms with Gasteiger partial charge in [-0.1, -0.05) is 0 Å². The van der Waals surface area contributed by atoms with Crippen molar-refractivity contribution in [2.24, 2.45) is 0 Å². The van der Waals surface area contributed by atoms with Crippen molar-refractivity contribution in [1.29, 1.82) is 0 Å². The van der Waals surface area contributed by atoms with Crippen LogP contribution in [0.25, 0.3) is 0 Å². The molecule has 0 aliphatic rings. The van der Waals surface area contributed by atoms with E-state index in [1.807, 2.05) is 0 Å². The normalized spacial score (nSPS) is 13.4. The first-order chi connectivity index (χ1) is 5.83. The Morgan fingerprint density at radius 3 is 1.38 bits per heavy atom. The van der Waals surface area contributed by atoms with Gasteiger partial charge in [-0.15, -0.1) is 0 Å². The van der Waals surface area contributed by atoms with E-state index in [0.717, 1.165) is 0 Å². The van der Waals surface area contributed by atoms with E-state index in [1.165, 1.54) is 0 Å². The van der Waals surface area contributed by atoms with Crippen LogP contribution < -0.4 is 0 Å². The Bertz CT molecular complexity index is 127. The summed E-state index contributed by atoms with van der Waals surface area (Å²) in [5.41, 5.74) is -1.26. The summed E-state index contributed by atoms with van der Waals surface area (Å²) in [5, 5.41) is 16.5. The van der Waals surface area contributed by atoms with Gasteiger partial charge < -0.3 is 4.74 Å². The molecule has 0 radical (unpaired) electrons. The highest BCUT2D eigenvalue weighted by molar-refractivity contribution is 4.76. The molecule has 0 fully saturated rings. The van der Waals surface area contributed by atoms with Crippen molar-refractivity contribution in [3.8, 4) is 0 Å². The molecule has 0 aliphatic heterocycles. The summed E-state index contributed by atoms with van der Waals surface area (Å²) in [4.78, 5) is 8.00. The summed E-state index contributed by atoms with van der Waals surface area (Å²) in [6, 6.07) is 0. The van der Waals surface area contributed by atoms with Gasteiger partial charge in [-0.2, -0.15) is 0 Å². The van der Waals surface area contributed by atoms with Gasteiger partial charge in [-0.25, -0.2) is 9.78 Å². The van der Waals surface area contributed by atoms with Gasteiger partial charge in [-0.3, -0.25) is 10.5 Å². The van der Waals surface area contributed by atoms with Crippen LogP contribution in [-0.4, -0.2) is 34.9 Å². The lowest BCUT2D eigenvalue weighted by Crippen LogP contribution is -2.42. The first kappa shape index (κ1) is 12.8. The van der Waals surface area contributed by atoms with Gasteiger partial charge in [0, 0.05) is 0 Å². The first-order valence-corrected chi connectivity index (χ1v) is 4.06. The van der Waals surface area contributed by atoms with E-state index >= 15 is 0 Å². The standard InChI is InChI=1S/C8H18O5/c1-7(2,5-11-9)13-8(3,4)6-12-10/h9-10H,5-6H2,1-4H3. The molecule has 0 atom stereocenters. The zero-order chi connectivity index (χ0) is 10.5. The highest BCUT2D eigenvalue weighted by Gasteiger charge is 2.30. The molecule has 80 valence electrons. The monoisotopic (exact) mass is 194 g/mol. The third kappa shape index (κ3) is 5.95.